The molecule has 5 heteroatoms. The molecule has 1 N–H and O–H groups in total. The van der Waals surface area contributed by atoms with E-state index in [2.05, 4.69) is 0 Å². The van der Waals surface area contributed by atoms with E-state index >= 15 is 0 Å². The van der Waals surface area contributed by atoms with Gasteiger partial charge in [-0.2, -0.15) is 0 Å². The third-order valence-corrected chi connectivity index (χ3v) is 2.49. The summed E-state index contributed by atoms with van der Waals surface area (Å²) < 4.78 is 21.4. The van der Waals surface area contributed by atoms with Crippen LogP contribution in [0.2, 0.25) is 0 Å². The molecule has 5 nitrogen and oxygen atoms in total. The monoisotopic (exact) mass is 204 g/mol. The third kappa shape index (κ3) is 1.66. The Balaban J connectivity index is 2.08. The molecule has 0 aromatic rings. The van der Waals surface area contributed by atoms with Gasteiger partial charge in [-0.25, -0.2) is 0 Å². The van der Waals surface area contributed by atoms with Crippen LogP contribution in [0.4, 0.5) is 0 Å². The van der Waals surface area contributed by atoms with Gasteiger partial charge in [0.25, 0.3) is 0 Å². The van der Waals surface area contributed by atoms with E-state index in [9.17, 15) is 5.11 Å². The van der Waals surface area contributed by atoms with Gasteiger partial charge in [-0.15, -0.1) is 0 Å². The van der Waals surface area contributed by atoms with Gasteiger partial charge in [0.2, 0.25) is 0 Å². The maximum Gasteiger partial charge on any atom is 0.185 e. The molecule has 14 heavy (non-hydrogen) atoms. The number of aliphatic hydroxyl groups excluding tert-OH is 1. The van der Waals surface area contributed by atoms with Crippen molar-refractivity contribution < 1.29 is 24.1 Å². The first kappa shape index (κ1) is 10.3. The van der Waals surface area contributed by atoms with Crippen LogP contribution >= 0.6 is 0 Å². The summed E-state index contributed by atoms with van der Waals surface area (Å²) in [5, 5.41) is 9.82. The highest BCUT2D eigenvalue weighted by Gasteiger charge is 2.50. The summed E-state index contributed by atoms with van der Waals surface area (Å²) in [4.78, 5) is 0. The fraction of sp³-hybridized carbons (Fsp3) is 1.00. The Morgan fingerprint density at radius 2 is 2.07 bits per heavy atom. The van der Waals surface area contributed by atoms with Gasteiger partial charge in [0.15, 0.2) is 12.1 Å². The van der Waals surface area contributed by atoms with E-state index in [0.29, 0.717) is 6.61 Å². The quantitative estimate of drug-likeness (QED) is 0.644. The van der Waals surface area contributed by atoms with Crippen molar-refractivity contribution in [3.63, 3.8) is 0 Å². The summed E-state index contributed by atoms with van der Waals surface area (Å²) >= 11 is 0. The summed E-state index contributed by atoms with van der Waals surface area (Å²) in [6.45, 7) is 4.03. The van der Waals surface area contributed by atoms with Gasteiger partial charge in [-0.1, -0.05) is 0 Å². The van der Waals surface area contributed by atoms with Crippen LogP contribution in [0, 0.1) is 0 Å². The van der Waals surface area contributed by atoms with Crippen molar-refractivity contribution in [2.24, 2.45) is 0 Å². The largest absolute Gasteiger partial charge is 0.385 e. The highest BCUT2D eigenvalue weighted by atomic mass is 16.8. The summed E-state index contributed by atoms with van der Waals surface area (Å²) in [5.74, 6) is -0.650. The molecule has 0 saturated carbocycles. The maximum atomic E-state index is 9.82. The van der Waals surface area contributed by atoms with Gasteiger partial charge in [0.05, 0.1) is 6.61 Å². The van der Waals surface area contributed by atoms with Gasteiger partial charge in [0.1, 0.15) is 18.3 Å². The molecular weight excluding hydrogens is 188 g/mol. The smallest absolute Gasteiger partial charge is 0.185 e. The molecule has 0 aromatic carbocycles. The van der Waals surface area contributed by atoms with Crippen LogP contribution < -0.4 is 0 Å². The lowest BCUT2D eigenvalue weighted by Gasteiger charge is -2.33. The van der Waals surface area contributed by atoms with Crippen molar-refractivity contribution in [1.82, 2.24) is 0 Å². The first-order valence-corrected chi connectivity index (χ1v) is 4.71. The van der Waals surface area contributed by atoms with Crippen molar-refractivity contribution >= 4 is 0 Å². The van der Waals surface area contributed by atoms with Crippen LogP contribution in [0.5, 0.6) is 0 Å². The Kier molecular flexibility index (Phi) is 2.53. The summed E-state index contributed by atoms with van der Waals surface area (Å²) in [5.41, 5.74) is 0. The molecular formula is C9H16O5. The molecule has 0 amide bonds. The van der Waals surface area contributed by atoms with Crippen LogP contribution in [-0.2, 0) is 18.9 Å². The molecule has 2 aliphatic rings. The molecule has 2 rings (SSSR count). The van der Waals surface area contributed by atoms with Gasteiger partial charge in [-0.05, 0) is 13.8 Å². The van der Waals surface area contributed by atoms with Crippen molar-refractivity contribution in [2.75, 3.05) is 13.7 Å². The molecule has 2 aliphatic heterocycles. The lowest BCUT2D eigenvalue weighted by atomic mass is 10.1. The predicted octanol–water partition coefficient (Wildman–Crippen LogP) is -0.130. The number of hydrogen-bond donors (Lipinski definition) is 1. The lowest BCUT2D eigenvalue weighted by molar-refractivity contribution is -0.241. The topological polar surface area (TPSA) is 57.2 Å². The van der Waals surface area contributed by atoms with Gasteiger partial charge in [0, 0.05) is 7.11 Å². The van der Waals surface area contributed by atoms with Crippen LogP contribution in [0.3, 0.4) is 0 Å². The number of fused-ring (bicyclic) bond motifs is 1. The third-order valence-electron chi connectivity index (χ3n) is 2.49. The molecule has 0 bridgehead atoms. The van der Waals surface area contributed by atoms with E-state index in [1.165, 1.54) is 7.11 Å². The second-order valence-corrected chi connectivity index (χ2v) is 4.07. The predicted molar refractivity (Wildman–Crippen MR) is 46.6 cm³/mol. The van der Waals surface area contributed by atoms with Crippen molar-refractivity contribution in [1.29, 1.82) is 0 Å². The second-order valence-electron chi connectivity index (χ2n) is 4.07. The zero-order valence-electron chi connectivity index (χ0n) is 8.60. The molecule has 4 atom stereocenters. The molecule has 0 radical (unpaired) electrons. The van der Waals surface area contributed by atoms with E-state index in [0.717, 1.165) is 0 Å². The number of ether oxygens (including phenoxy) is 4. The molecule has 82 valence electrons. The number of methoxy groups -OCH3 is 1. The number of rotatable bonds is 1. The van der Waals surface area contributed by atoms with Crippen LogP contribution in [0.15, 0.2) is 0 Å². The van der Waals surface area contributed by atoms with E-state index in [1.807, 2.05) is 13.8 Å². The molecule has 2 saturated heterocycles. The minimum absolute atomic E-state index is 0.202. The highest BCUT2D eigenvalue weighted by Crippen LogP contribution is 2.34. The first-order valence-electron chi connectivity index (χ1n) is 4.71. The fourth-order valence-electron chi connectivity index (χ4n) is 1.93. The van der Waals surface area contributed by atoms with E-state index < -0.39 is 18.2 Å². The molecule has 2 fully saturated rings. The zero-order valence-corrected chi connectivity index (χ0v) is 8.60. The molecule has 0 aliphatic carbocycles. The standard InChI is InChI=1S/C9H16O5/c1-9(2)13-5-4-12-8(11-3)6(10)7(5)14-9/h5-8,10H,4H2,1-3H3/t5-,6-,7-,8-/m1/s1. The first-order chi connectivity index (χ1) is 6.53. The van der Waals surface area contributed by atoms with Crippen molar-refractivity contribution in [2.45, 2.75) is 44.2 Å². The number of aliphatic hydroxyl groups is 1. The van der Waals surface area contributed by atoms with Crippen LogP contribution in [0.25, 0.3) is 0 Å². The van der Waals surface area contributed by atoms with E-state index in [-0.39, 0.29) is 12.2 Å². The zero-order chi connectivity index (χ0) is 10.3. The minimum atomic E-state index is -0.791. The highest BCUT2D eigenvalue weighted by molar-refractivity contribution is 4.91. The fourth-order valence-corrected chi connectivity index (χ4v) is 1.93. The second kappa shape index (κ2) is 3.43. The molecule has 0 aromatic heterocycles. The Hall–Kier alpha value is -0.200. The average molecular weight is 204 g/mol. The van der Waals surface area contributed by atoms with E-state index in [4.69, 9.17) is 18.9 Å². The average Bonchev–Trinajstić information content (AvgIpc) is 2.42. The Morgan fingerprint density at radius 3 is 2.71 bits per heavy atom. The van der Waals surface area contributed by atoms with Gasteiger partial charge >= 0.3 is 0 Å². The number of hydrogen-bond acceptors (Lipinski definition) is 5. The Labute approximate surface area is 82.9 Å². The maximum absolute atomic E-state index is 9.82. The SMILES string of the molecule is CO[C@@H]1OC[C@H]2OC(C)(C)O[C@H]2[C@H]1O. The molecule has 0 spiro atoms. The van der Waals surface area contributed by atoms with Gasteiger partial charge < -0.3 is 24.1 Å². The lowest BCUT2D eigenvalue weighted by Crippen LogP contribution is -2.52. The minimum Gasteiger partial charge on any atom is -0.385 e. The Morgan fingerprint density at radius 1 is 1.36 bits per heavy atom. The molecule has 0 unspecified atom stereocenters. The summed E-state index contributed by atoms with van der Waals surface area (Å²) in [7, 11) is 1.50. The molecule has 2 heterocycles. The summed E-state index contributed by atoms with van der Waals surface area (Å²) in [6, 6.07) is 0. The summed E-state index contributed by atoms with van der Waals surface area (Å²) in [6.07, 6.45) is -1.97. The normalized spacial score (nSPS) is 46.3. The van der Waals surface area contributed by atoms with Crippen molar-refractivity contribution in [3.8, 4) is 0 Å². The van der Waals surface area contributed by atoms with E-state index in [1.54, 1.807) is 0 Å². The van der Waals surface area contributed by atoms with Gasteiger partial charge in [-0.3, -0.25) is 0 Å². The van der Waals surface area contributed by atoms with Crippen LogP contribution in [-0.4, -0.2) is 49.2 Å². The van der Waals surface area contributed by atoms with Crippen LogP contribution in [0.1, 0.15) is 13.8 Å². The van der Waals surface area contributed by atoms with Crippen molar-refractivity contribution in [3.05, 3.63) is 0 Å². The Bertz CT molecular complexity index is 217.